The van der Waals surface area contributed by atoms with E-state index < -0.39 is 29.2 Å². The summed E-state index contributed by atoms with van der Waals surface area (Å²) in [7, 11) is 0. The quantitative estimate of drug-likeness (QED) is 0.0502. The number of nitrogens with zero attached hydrogens (tertiary/aromatic N) is 11. The molecule has 670 valence electrons. The number of aromatic nitrogens is 9. The Bertz CT molecular complexity index is 9160. The molecule has 24 rings (SSSR count). The first-order chi connectivity index (χ1) is 68.8. The maximum absolute atomic E-state index is 14.0. The molecule has 0 fully saturated rings. The Morgan fingerprint density at radius 3 is 0.809 bits per heavy atom. The lowest BCUT2D eigenvalue weighted by Crippen LogP contribution is -2.05. The van der Waals surface area contributed by atoms with Crippen molar-refractivity contribution in [2.45, 2.75) is 33.9 Å². The summed E-state index contributed by atoms with van der Waals surface area (Å²) in [6, 6.07) is 128. The third-order valence-corrected chi connectivity index (χ3v) is 25.7. The second-order valence-corrected chi connectivity index (χ2v) is 34.9. The van der Waals surface area contributed by atoms with Crippen molar-refractivity contribution in [2.24, 2.45) is 0 Å². The van der Waals surface area contributed by atoms with Crippen molar-refractivity contribution in [3.63, 3.8) is 0 Å². The van der Waals surface area contributed by atoms with Gasteiger partial charge in [0.15, 0.2) is 23.1 Å². The van der Waals surface area contributed by atoms with Crippen molar-refractivity contribution >= 4 is 104 Å². The van der Waals surface area contributed by atoms with Crippen LogP contribution in [0.3, 0.4) is 0 Å². The van der Waals surface area contributed by atoms with E-state index in [0.29, 0.717) is 33.5 Å². The molecule has 0 aliphatic rings. The zero-order chi connectivity index (χ0) is 96.3. The fourth-order valence-electron chi connectivity index (χ4n) is 19.2. The van der Waals surface area contributed by atoms with E-state index in [9.17, 15) is 31.6 Å². The van der Waals surface area contributed by atoms with Gasteiger partial charge in [0.25, 0.3) is 0 Å². The molecule has 24 aromatic rings. The molecule has 141 heavy (non-hydrogen) atoms. The molecule has 0 aliphatic heterocycles. The minimum Gasteiger partial charge on any atom is -0.247 e. The van der Waals surface area contributed by atoms with Crippen LogP contribution in [-0.4, -0.2) is 44.9 Å². The lowest BCUT2D eigenvalue weighted by Gasteiger charge is -2.17. The van der Waals surface area contributed by atoms with E-state index >= 15 is 0 Å². The lowest BCUT2D eigenvalue weighted by molar-refractivity contribution is -0.137. The molecule has 0 N–H and O–H groups in total. The Kier molecular flexibility index (Phi) is 22.8. The lowest BCUT2D eigenvalue weighted by atomic mass is 9.93. The SMILES string of the molecule is Cc1cc(-c2ccc(-c3nc4ccccc4c4c3c(C)cc3nc(-c5ccccc5)c(-c5ccccc5)nc34)cc2)cc(C(F)(F)F)c1.Cc1cc2nc(-c3ccccc3)c(-c3ccccc3)nc2c2c1c(-c1ccc(-c3cc(F)c(F)c(F)c3)cc1)nc1ccccc12.[C-]#[N+]c1cc(C#N)cc(-c2ccc(-c3nc4ccccc4c4c3c(C)cc3nc(-c5ccccc5)c(-c5ccccc5)nc34)cc2)c1. The average molecular weight is 1840 g/mol. The summed E-state index contributed by atoms with van der Waals surface area (Å²) in [4.78, 5) is 51.0. The predicted octanol–water partition coefficient (Wildman–Crippen LogP) is 33.1. The zero-order valence-corrected chi connectivity index (χ0v) is 76.2. The number of hydrogen-bond acceptors (Lipinski definition) is 10. The van der Waals surface area contributed by atoms with Crippen LogP contribution in [0.25, 0.3) is 238 Å². The smallest absolute Gasteiger partial charge is 0.247 e. The first kappa shape index (κ1) is 87.9. The summed E-state index contributed by atoms with van der Waals surface area (Å²) in [5, 5.41) is 18.3. The molecule has 0 saturated heterocycles. The highest BCUT2D eigenvalue weighted by Crippen LogP contribution is 2.48. The van der Waals surface area contributed by atoms with E-state index in [-0.39, 0.29) is 5.56 Å². The van der Waals surface area contributed by atoms with Gasteiger partial charge in [-0.25, -0.2) is 62.9 Å². The van der Waals surface area contributed by atoms with Gasteiger partial charge in [0.1, 0.15) is 0 Å². The number of fused-ring (bicyclic) bond motifs is 15. The van der Waals surface area contributed by atoms with Gasteiger partial charge in [0.05, 0.1) is 119 Å². The molecule has 0 bridgehead atoms. The molecule has 0 saturated carbocycles. The molecule has 0 atom stereocenters. The van der Waals surface area contributed by atoms with Crippen LogP contribution in [0.4, 0.5) is 32.0 Å². The van der Waals surface area contributed by atoms with Crippen LogP contribution in [-0.2, 0) is 6.18 Å². The highest BCUT2D eigenvalue weighted by molar-refractivity contribution is 6.25. The normalized spacial score (nSPS) is 11.5. The molecule has 0 aliphatic carbocycles. The Morgan fingerprint density at radius 1 is 0.248 bits per heavy atom. The largest absolute Gasteiger partial charge is 0.416 e. The van der Waals surface area contributed by atoms with E-state index in [2.05, 4.69) is 129 Å². The fraction of sp³-hybridized carbons (Fsp3) is 0.0403. The summed E-state index contributed by atoms with van der Waals surface area (Å²) in [5.74, 6) is -3.94. The molecular formula is C124H77F6N11. The minimum absolute atomic E-state index is 0.249. The van der Waals surface area contributed by atoms with Gasteiger partial charge in [0.2, 0.25) is 0 Å². The van der Waals surface area contributed by atoms with Crippen LogP contribution in [0.5, 0.6) is 0 Å². The number of rotatable bonds is 12. The summed E-state index contributed by atoms with van der Waals surface area (Å²) in [5.41, 5.74) is 30.8. The number of pyridine rings is 3. The molecular weight excluding hydrogens is 1760 g/mol. The van der Waals surface area contributed by atoms with Gasteiger partial charge < -0.3 is 0 Å². The maximum atomic E-state index is 14.0. The highest BCUT2D eigenvalue weighted by Gasteiger charge is 2.32. The molecule has 0 spiro atoms. The van der Waals surface area contributed by atoms with Gasteiger partial charge in [-0.05, 0) is 162 Å². The zero-order valence-electron chi connectivity index (χ0n) is 76.2. The maximum Gasteiger partial charge on any atom is 0.416 e. The Balaban J connectivity index is 0.000000121. The molecule has 0 amide bonds. The van der Waals surface area contributed by atoms with Crippen molar-refractivity contribution in [3.8, 4) is 141 Å². The van der Waals surface area contributed by atoms with Gasteiger partial charge in [0, 0.05) is 104 Å². The number of nitriles is 1. The van der Waals surface area contributed by atoms with Crippen molar-refractivity contribution in [1.29, 1.82) is 5.26 Å². The number of benzene rings is 18. The van der Waals surface area contributed by atoms with E-state index in [4.69, 9.17) is 51.4 Å². The van der Waals surface area contributed by atoms with Crippen LogP contribution in [0.1, 0.15) is 33.4 Å². The standard InChI is InChI=1S/C42H28F3N3.C42H25N5.C40H24F3N3/c1-25-21-31(24-32(22-25)42(43,44)45)27-17-19-30(20-18-27)38-36-26(2)23-35-41(37(36)33-15-9-10-16-34(33)46-38)48-40(29-13-7-4-8-14-29)39(47-35)28-11-5-3-6-12-28;1-26-21-36-42(47-41(30-13-7-4-8-14-30)40(46-36)29-11-5-3-6-12-29)38-34-15-9-10-16-35(34)45-39(37(26)38)31-19-17-28(18-20-31)32-22-27(25-43)23-33(24-32)44-2;1-23-20-33-40(46-39(26-12-6-3-7-13-26)38(45-33)25-10-4-2-5-11-25)35-29-14-8-9-15-32(29)44-37(34(23)35)27-18-16-24(17-19-27)28-21-30(41)36(43)31(42)22-28/h3-24H,1-2H3;3-24H,1H3;2-22H,1H3. The first-order valence-corrected chi connectivity index (χ1v) is 45.8. The van der Waals surface area contributed by atoms with Gasteiger partial charge in [-0.2, -0.15) is 18.4 Å². The predicted molar refractivity (Wildman–Crippen MR) is 557 cm³/mol. The monoisotopic (exact) mass is 1830 g/mol. The molecule has 6 heterocycles. The third kappa shape index (κ3) is 16.7. The first-order valence-electron chi connectivity index (χ1n) is 45.8. The van der Waals surface area contributed by atoms with Gasteiger partial charge >= 0.3 is 6.18 Å². The van der Waals surface area contributed by atoms with Gasteiger partial charge in [-0.3, -0.25) is 0 Å². The molecule has 0 unspecified atom stereocenters. The fourth-order valence-corrected chi connectivity index (χ4v) is 19.2. The molecule has 17 heteroatoms. The summed E-state index contributed by atoms with van der Waals surface area (Å²) < 4.78 is 82.3. The van der Waals surface area contributed by atoms with Crippen LogP contribution >= 0.6 is 0 Å². The number of aryl methyl sites for hydroxylation is 4. The van der Waals surface area contributed by atoms with E-state index in [1.54, 1.807) is 31.2 Å². The summed E-state index contributed by atoms with van der Waals surface area (Å²) in [6.07, 6.45) is -4.42. The van der Waals surface area contributed by atoms with Crippen molar-refractivity contribution in [2.75, 3.05) is 0 Å². The summed E-state index contributed by atoms with van der Waals surface area (Å²) >= 11 is 0. The third-order valence-electron chi connectivity index (χ3n) is 25.7. The van der Waals surface area contributed by atoms with E-state index in [0.717, 1.165) is 239 Å². The Labute approximate surface area is 806 Å². The molecule has 11 nitrogen and oxygen atoms in total. The number of alkyl halides is 3. The Hall–Kier alpha value is -18.5. The second-order valence-electron chi connectivity index (χ2n) is 34.9. The average Bonchev–Trinajstić information content (AvgIpc) is 0.729. The number of halogens is 6. The number of para-hydroxylation sites is 3. The topological polar surface area (TPSA) is 144 Å². The van der Waals surface area contributed by atoms with Crippen LogP contribution in [0, 0.1) is 63.0 Å². The van der Waals surface area contributed by atoms with E-state index in [1.165, 1.54) is 12.1 Å². The molecule has 18 aromatic carbocycles. The van der Waals surface area contributed by atoms with Crippen molar-refractivity contribution < 1.29 is 26.3 Å². The molecule has 6 aromatic heterocycles. The van der Waals surface area contributed by atoms with Crippen LogP contribution in [0.2, 0.25) is 0 Å². The highest BCUT2D eigenvalue weighted by atomic mass is 19.4. The van der Waals surface area contributed by atoms with Crippen molar-refractivity contribution in [1.82, 2.24) is 44.9 Å². The molecule has 0 radical (unpaired) electrons. The Morgan fingerprint density at radius 2 is 0.511 bits per heavy atom. The van der Waals surface area contributed by atoms with E-state index in [1.807, 2.05) is 249 Å². The van der Waals surface area contributed by atoms with Gasteiger partial charge in [-0.15, -0.1) is 0 Å². The van der Waals surface area contributed by atoms with Gasteiger partial charge in [-0.1, -0.05) is 315 Å². The van der Waals surface area contributed by atoms with Crippen molar-refractivity contribution in [3.05, 3.63) is 457 Å². The summed E-state index contributed by atoms with van der Waals surface area (Å²) in [6.45, 7) is 15.4. The van der Waals surface area contributed by atoms with Crippen LogP contribution in [0.15, 0.2) is 394 Å². The minimum atomic E-state index is -4.42. The second kappa shape index (κ2) is 36.6. The number of hydrogen-bond donors (Lipinski definition) is 0. The van der Waals surface area contributed by atoms with Crippen LogP contribution < -0.4 is 0 Å².